The molecule has 16 heavy (non-hydrogen) atoms. The van der Waals surface area contributed by atoms with Gasteiger partial charge in [-0.1, -0.05) is 18.2 Å². The number of fused-ring (bicyclic) bond motifs is 1. The van der Waals surface area contributed by atoms with E-state index in [0.717, 1.165) is 10.9 Å². The Kier molecular flexibility index (Phi) is 1.97. The van der Waals surface area contributed by atoms with E-state index in [1.165, 1.54) is 6.26 Å². The molecule has 0 aliphatic heterocycles. The molecule has 1 N–H and O–H groups in total. The minimum Gasteiger partial charge on any atom is -0.430 e. The monoisotopic (exact) mass is 215 g/mol. The Morgan fingerprint density at radius 1 is 1.31 bits per heavy atom. The molecule has 0 atom stereocenters. The molecule has 1 aromatic carbocycles. The predicted octanol–water partition coefficient (Wildman–Crippen LogP) is 1.51. The summed E-state index contributed by atoms with van der Waals surface area (Å²) in [4.78, 5) is 4.11. The van der Waals surface area contributed by atoms with Gasteiger partial charge >= 0.3 is 6.01 Å². The molecule has 0 amide bonds. The number of benzene rings is 1. The van der Waals surface area contributed by atoms with Crippen molar-refractivity contribution in [2.45, 2.75) is 6.61 Å². The summed E-state index contributed by atoms with van der Waals surface area (Å²) in [7, 11) is 0. The minimum absolute atomic E-state index is 0.136. The van der Waals surface area contributed by atoms with Gasteiger partial charge in [0.15, 0.2) is 0 Å². The number of nitrogens with zero attached hydrogens (tertiary/aromatic N) is 3. The van der Waals surface area contributed by atoms with Crippen LogP contribution in [0.4, 0.5) is 0 Å². The van der Waals surface area contributed by atoms with E-state index in [1.54, 1.807) is 10.9 Å². The van der Waals surface area contributed by atoms with Crippen LogP contribution in [0, 0.1) is 0 Å². The molecule has 5 nitrogen and oxygen atoms in total. The minimum atomic E-state index is -0.136. The molecule has 0 bridgehead atoms. The van der Waals surface area contributed by atoms with E-state index >= 15 is 0 Å². The normalized spacial score (nSPS) is 11.1. The van der Waals surface area contributed by atoms with Crippen molar-refractivity contribution in [3.8, 4) is 6.01 Å². The summed E-state index contributed by atoms with van der Waals surface area (Å²) in [6, 6.07) is 8.14. The van der Waals surface area contributed by atoms with Crippen LogP contribution in [0.2, 0.25) is 0 Å². The predicted molar refractivity (Wildman–Crippen MR) is 57.1 cm³/mol. The van der Waals surface area contributed by atoms with Gasteiger partial charge in [-0.05, 0) is 6.07 Å². The molecule has 2 aromatic heterocycles. The first-order valence-corrected chi connectivity index (χ1v) is 4.87. The van der Waals surface area contributed by atoms with E-state index < -0.39 is 0 Å². The van der Waals surface area contributed by atoms with Gasteiger partial charge in [-0.2, -0.15) is 14.8 Å². The van der Waals surface area contributed by atoms with Crippen LogP contribution in [-0.4, -0.2) is 19.9 Å². The smallest absolute Gasteiger partial charge is 0.323 e. The molecule has 2 heterocycles. The van der Waals surface area contributed by atoms with Gasteiger partial charge < -0.3 is 9.52 Å². The second kappa shape index (κ2) is 3.46. The summed E-state index contributed by atoms with van der Waals surface area (Å²) in [5, 5.41) is 14.1. The highest BCUT2D eigenvalue weighted by Crippen LogP contribution is 2.17. The van der Waals surface area contributed by atoms with Crippen molar-refractivity contribution in [1.82, 2.24) is 14.8 Å². The number of aromatic nitrogens is 3. The van der Waals surface area contributed by atoms with Crippen molar-refractivity contribution >= 4 is 10.9 Å². The van der Waals surface area contributed by atoms with Gasteiger partial charge in [-0.3, -0.25) is 0 Å². The average Bonchev–Trinajstić information content (AvgIpc) is 2.94. The standard InChI is InChI=1S/C11H9N3O2/c15-6-9-7-16-11(13-9)14-10-4-2-1-3-8(10)5-12-14/h1-5,7,15H,6H2. The fraction of sp³-hybridized carbons (Fsp3) is 0.0909. The maximum Gasteiger partial charge on any atom is 0.323 e. The summed E-state index contributed by atoms with van der Waals surface area (Å²) >= 11 is 0. The largest absolute Gasteiger partial charge is 0.430 e. The fourth-order valence-electron chi connectivity index (χ4n) is 1.59. The van der Waals surface area contributed by atoms with Crippen molar-refractivity contribution in [2.24, 2.45) is 0 Å². The lowest BCUT2D eigenvalue weighted by atomic mass is 10.3. The molecule has 80 valence electrons. The Morgan fingerprint density at radius 3 is 3.00 bits per heavy atom. The van der Waals surface area contributed by atoms with Gasteiger partial charge in [0.2, 0.25) is 0 Å². The molecule has 0 saturated carbocycles. The highest BCUT2D eigenvalue weighted by Gasteiger charge is 2.09. The number of para-hydroxylation sites is 1. The zero-order valence-corrected chi connectivity index (χ0v) is 8.37. The topological polar surface area (TPSA) is 64.1 Å². The van der Waals surface area contributed by atoms with Crippen LogP contribution in [0.25, 0.3) is 16.9 Å². The first-order valence-electron chi connectivity index (χ1n) is 4.87. The molecule has 5 heteroatoms. The van der Waals surface area contributed by atoms with Crippen molar-refractivity contribution in [3.63, 3.8) is 0 Å². The van der Waals surface area contributed by atoms with Crippen LogP contribution < -0.4 is 0 Å². The zero-order valence-electron chi connectivity index (χ0n) is 8.37. The Labute approximate surface area is 91.0 Å². The summed E-state index contributed by atoms with van der Waals surface area (Å²) in [5.41, 5.74) is 1.42. The van der Waals surface area contributed by atoms with E-state index in [2.05, 4.69) is 10.1 Å². The van der Waals surface area contributed by atoms with E-state index in [4.69, 9.17) is 9.52 Å². The number of oxazole rings is 1. The molecule has 0 saturated heterocycles. The van der Waals surface area contributed by atoms with Crippen LogP contribution >= 0.6 is 0 Å². The molecule has 0 aliphatic rings. The number of rotatable bonds is 2. The summed E-state index contributed by atoms with van der Waals surface area (Å²) in [5.74, 6) is 0. The van der Waals surface area contributed by atoms with Gasteiger partial charge in [0.05, 0.1) is 18.3 Å². The summed E-state index contributed by atoms with van der Waals surface area (Å²) < 4.78 is 6.84. The third-order valence-electron chi connectivity index (χ3n) is 2.36. The lowest BCUT2D eigenvalue weighted by Crippen LogP contribution is -1.96. The van der Waals surface area contributed by atoms with Crippen LogP contribution in [0.15, 0.2) is 41.1 Å². The van der Waals surface area contributed by atoms with Crippen molar-refractivity contribution in [3.05, 3.63) is 42.4 Å². The lowest BCUT2D eigenvalue weighted by Gasteiger charge is -1.95. The third kappa shape index (κ3) is 1.30. The number of hydrogen-bond acceptors (Lipinski definition) is 4. The van der Waals surface area contributed by atoms with Gasteiger partial charge in [-0.15, -0.1) is 0 Å². The Hall–Kier alpha value is -2.14. The molecule has 3 aromatic rings. The van der Waals surface area contributed by atoms with E-state index in [1.807, 2.05) is 24.3 Å². The summed E-state index contributed by atoms with van der Waals surface area (Å²) in [6.07, 6.45) is 3.17. The van der Waals surface area contributed by atoms with E-state index in [0.29, 0.717) is 11.7 Å². The van der Waals surface area contributed by atoms with Crippen molar-refractivity contribution < 1.29 is 9.52 Å². The highest BCUT2D eigenvalue weighted by molar-refractivity contribution is 5.79. The van der Waals surface area contributed by atoms with Crippen LogP contribution in [0.1, 0.15) is 5.69 Å². The molecular weight excluding hydrogens is 206 g/mol. The molecule has 0 fully saturated rings. The lowest BCUT2D eigenvalue weighted by molar-refractivity contribution is 0.276. The van der Waals surface area contributed by atoms with Gasteiger partial charge in [0, 0.05) is 5.39 Å². The van der Waals surface area contributed by atoms with Crippen LogP contribution in [-0.2, 0) is 6.61 Å². The van der Waals surface area contributed by atoms with Crippen molar-refractivity contribution in [1.29, 1.82) is 0 Å². The Morgan fingerprint density at radius 2 is 2.19 bits per heavy atom. The molecule has 0 radical (unpaired) electrons. The average molecular weight is 215 g/mol. The first-order chi connectivity index (χ1) is 7.88. The van der Waals surface area contributed by atoms with Crippen LogP contribution in [0.3, 0.4) is 0 Å². The van der Waals surface area contributed by atoms with E-state index in [9.17, 15) is 0 Å². The van der Waals surface area contributed by atoms with E-state index in [-0.39, 0.29) is 6.61 Å². The molecular formula is C11H9N3O2. The van der Waals surface area contributed by atoms with Crippen LogP contribution in [0.5, 0.6) is 0 Å². The molecule has 0 spiro atoms. The molecule has 0 unspecified atom stereocenters. The Bertz CT molecular complexity index is 627. The summed E-state index contributed by atoms with van der Waals surface area (Å²) in [6.45, 7) is -0.136. The second-order valence-corrected chi connectivity index (χ2v) is 3.39. The van der Waals surface area contributed by atoms with Gasteiger partial charge in [0.25, 0.3) is 0 Å². The zero-order chi connectivity index (χ0) is 11.0. The number of aliphatic hydroxyl groups excluding tert-OH is 1. The fourth-order valence-corrected chi connectivity index (χ4v) is 1.59. The quantitative estimate of drug-likeness (QED) is 0.703. The maximum atomic E-state index is 8.91. The first kappa shape index (κ1) is 9.11. The number of hydrogen-bond donors (Lipinski definition) is 1. The Balaban J connectivity index is 2.18. The molecule has 0 aliphatic carbocycles. The van der Waals surface area contributed by atoms with Gasteiger partial charge in [0.1, 0.15) is 12.0 Å². The van der Waals surface area contributed by atoms with Crippen molar-refractivity contribution in [2.75, 3.05) is 0 Å². The van der Waals surface area contributed by atoms with Gasteiger partial charge in [-0.25, -0.2) is 0 Å². The molecule has 3 rings (SSSR count). The maximum absolute atomic E-state index is 8.91. The highest BCUT2D eigenvalue weighted by atomic mass is 16.4. The third-order valence-corrected chi connectivity index (χ3v) is 2.36. The SMILES string of the molecule is OCc1coc(-n2ncc3ccccc32)n1. The number of aliphatic hydroxyl groups is 1. The second-order valence-electron chi connectivity index (χ2n) is 3.39.